The van der Waals surface area contributed by atoms with Gasteiger partial charge in [-0.25, -0.2) is 0 Å². The third-order valence-electron chi connectivity index (χ3n) is 1.21. The van der Waals surface area contributed by atoms with Gasteiger partial charge < -0.3 is 10.2 Å². The number of aliphatic hydroxyl groups excluding tert-OH is 1. The van der Waals surface area contributed by atoms with Crippen LogP contribution in [0.25, 0.3) is 0 Å². The molecule has 0 spiro atoms. The fourth-order valence-electron chi connectivity index (χ4n) is 0.446. The van der Waals surface area contributed by atoms with E-state index in [0.29, 0.717) is 6.42 Å². The Hall–Kier alpha value is -0.340. The van der Waals surface area contributed by atoms with Crippen LogP contribution in [0.3, 0.4) is 0 Å². The monoisotopic (exact) mass is 130 g/mol. The highest BCUT2D eigenvalue weighted by atomic mass is 16.3. The molecule has 0 bridgehead atoms. The minimum atomic E-state index is -1.01. The van der Waals surface area contributed by atoms with Gasteiger partial charge in [0.25, 0.3) is 0 Å². The summed E-state index contributed by atoms with van der Waals surface area (Å²) in [6.45, 7) is 6.58. The predicted octanol–water partition coefficient (Wildman–Crippen LogP) is 0.694. The Balaban J connectivity index is 3.72. The standard InChI is InChI=1S/C7H14O2/c1-4-5-6(8)7(2,3)9/h4,6,8-9H,1,5H2,2-3H3. The first-order valence-corrected chi connectivity index (χ1v) is 3.00. The highest BCUT2D eigenvalue weighted by Gasteiger charge is 2.22. The van der Waals surface area contributed by atoms with Crippen LogP contribution in [0.2, 0.25) is 0 Å². The lowest BCUT2D eigenvalue weighted by Crippen LogP contribution is -2.35. The molecule has 0 rings (SSSR count). The van der Waals surface area contributed by atoms with E-state index in [1.807, 2.05) is 0 Å². The maximum absolute atomic E-state index is 9.12. The van der Waals surface area contributed by atoms with Crippen molar-refractivity contribution in [2.45, 2.75) is 32.0 Å². The van der Waals surface area contributed by atoms with Crippen LogP contribution >= 0.6 is 0 Å². The summed E-state index contributed by atoms with van der Waals surface area (Å²) in [7, 11) is 0. The molecule has 0 aromatic rings. The van der Waals surface area contributed by atoms with Gasteiger partial charge in [0.15, 0.2) is 0 Å². The van der Waals surface area contributed by atoms with Gasteiger partial charge in [0, 0.05) is 0 Å². The summed E-state index contributed by atoms with van der Waals surface area (Å²) in [6, 6.07) is 0. The van der Waals surface area contributed by atoms with Crippen LogP contribution in [0.1, 0.15) is 20.3 Å². The summed E-state index contributed by atoms with van der Waals surface area (Å²) >= 11 is 0. The van der Waals surface area contributed by atoms with E-state index in [1.165, 1.54) is 0 Å². The van der Waals surface area contributed by atoms with Gasteiger partial charge in [-0.1, -0.05) is 6.08 Å². The molecule has 0 amide bonds. The van der Waals surface area contributed by atoms with Crippen molar-refractivity contribution in [1.82, 2.24) is 0 Å². The van der Waals surface area contributed by atoms with Gasteiger partial charge in [-0.2, -0.15) is 0 Å². The minimum absolute atomic E-state index is 0.434. The molecule has 0 radical (unpaired) electrons. The molecule has 0 aliphatic heterocycles. The number of rotatable bonds is 3. The van der Waals surface area contributed by atoms with Crippen LogP contribution in [0, 0.1) is 0 Å². The molecule has 0 aliphatic carbocycles. The van der Waals surface area contributed by atoms with Gasteiger partial charge in [0.1, 0.15) is 0 Å². The van der Waals surface area contributed by atoms with Crippen LogP contribution in [0.5, 0.6) is 0 Å². The lowest BCUT2D eigenvalue weighted by molar-refractivity contribution is -0.0456. The Morgan fingerprint density at radius 1 is 1.67 bits per heavy atom. The molecule has 9 heavy (non-hydrogen) atoms. The molecule has 54 valence electrons. The van der Waals surface area contributed by atoms with E-state index in [4.69, 9.17) is 10.2 Å². The van der Waals surface area contributed by atoms with Crippen molar-refractivity contribution in [3.63, 3.8) is 0 Å². The minimum Gasteiger partial charge on any atom is -0.390 e. The maximum atomic E-state index is 9.12. The van der Waals surface area contributed by atoms with Gasteiger partial charge in [0.05, 0.1) is 11.7 Å². The van der Waals surface area contributed by atoms with E-state index in [-0.39, 0.29) is 0 Å². The molecule has 0 aliphatic rings. The van der Waals surface area contributed by atoms with Crippen LogP contribution in [0.4, 0.5) is 0 Å². The molecule has 2 N–H and O–H groups in total. The van der Waals surface area contributed by atoms with E-state index >= 15 is 0 Å². The Morgan fingerprint density at radius 2 is 2.11 bits per heavy atom. The molecule has 2 heteroatoms. The molecule has 0 aromatic carbocycles. The Labute approximate surface area is 55.8 Å². The first-order chi connectivity index (χ1) is 3.98. The normalized spacial score (nSPS) is 15.1. The Morgan fingerprint density at radius 3 is 2.22 bits per heavy atom. The zero-order valence-electron chi connectivity index (χ0n) is 5.96. The molecular weight excluding hydrogens is 116 g/mol. The molecule has 0 aromatic heterocycles. The quantitative estimate of drug-likeness (QED) is 0.552. The second-order valence-corrected chi connectivity index (χ2v) is 2.69. The summed E-state index contributed by atoms with van der Waals surface area (Å²) in [4.78, 5) is 0. The first kappa shape index (κ1) is 8.66. The first-order valence-electron chi connectivity index (χ1n) is 3.00. The van der Waals surface area contributed by atoms with Gasteiger partial charge in [0.2, 0.25) is 0 Å². The van der Waals surface area contributed by atoms with Crippen molar-refractivity contribution in [2.75, 3.05) is 0 Å². The zero-order valence-corrected chi connectivity index (χ0v) is 5.96. The lowest BCUT2D eigenvalue weighted by Gasteiger charge is -2.22. The predicted molar refractivity (Wildman–Crippen MR) is 37.1 cm³/mol. The highest BCUT2D eigenvalue weighted by Crippen LogP contribution is 2.11. The highest BCUT2D eigenvalue weighted by molar-refractivity contribution is 4.82. The average Bonchev–Trinajstić information content (AvgIpc) is 1.64. The van der Waals surface area contributed by atoms with E-state index < -0.39 is 11.7 Å². The maximum Gasteiger partial charge on any atom is 0.0855 e. The van der Waals surface area contributed by atoms with Crippen molar-refractivity contribution in [2.24, 2.45) is 0 Å². The van der Waals surface area contributed by atoms with Crippen LogP contribution in [0.15, 0.2) is 12.7 Å². The van der Waals surface area contributed by atoms with Crippen LogP contribution < -0.4 is 0 Å². The second kappa shape index (κ2) is 2.99. The van der Waals surface area contributed by atoms with Crippen molar-refractivity contribution in [1.29, 1.82) is 0 Å². The molecular formula is C7H14O2. The fourth-order valence-corrected chi connectivity index (χ4v) is 0.446. The summed E-state index contributed by atoms with van der Waals surface area (Å²) in [6.07, 6.45) is 1.32. The summed E-state index contributed by atoms with van der Waals surface area (Å²) < 4.78 is 0. The molecule has 2 nitrogen and oxygen atoms in total. The van der Waals surface area contributed by atoms with Crippen molar-refractivity contribution in [3.05, 3.63) is 12.7 Å². The molecule has 0 saturated carbocycles. The van der Waals surface area contributed by atoms with Crippen molar-refractivity contribution < 1.29 is 10.2 Å². The van der Waals surface area contributed by atoms with Crippen LogP contribution in [-0.4, -0.2) is 21.9 Å². The lowest BCUT2D eigenvalue weighted by atomic mass is 9.99. The van der Waals surface area contributed by atoms with Gasteiger partial charge in [-0.15, -0.1) is 6.58 Å². The summed E-state index contributed by atoms with van der Waals surface area (Å²) in [5.41, 5.74) is -1.01. The number of hydrogen-bond acceptors (Lipinski definition) is 2. The van der Waals surface area contributed by atoms with Gasteiger partial charge in [-0.3, -0.25) is 0 Å². The van der Waals surface area contributed by atoms with Crippen LogP contribution in [-0.2, 0) is 0 Å². The zero-order chi connectivity index (χ0) is 7.49. The molecule has 1 atom stereocenters. The van der Waals surface area contributed by atoms with E-state index in [0.717, 1.165) is 0 Å². The molecule has 1 unspecified atom stereocenters. The third-order valence-corrected chi connectivity index (χ3v) is 1.21. The molecule has 0 fully saturated rings. The van der Waals surface area contributed by atoms with Gasteiger partial charge in [-0.05, 0) is 20.3 Å². The molecule has 0 heterocycles. The summed E-state index contributed by atoms with van der Waals surface area (Å²) in [5, 5.41) is 18.2. The largest absolute Gasteiger partial charge is 0.390 e. The van der Waals surface area contributed by atoms with E-state index in [9.17, 15) is 0 Å². The number of aliphatic hydroxyl groups is 2. The topological polar surface area (TPSA) is 40.5 Å². The number of hydrogen-bond donors (Lipinski definition) is 2. The van der Waals surface area contributed by atoms with E-state index in [2.05, 4.69) is 6.58 Å². The average molecular weight is 130 g/mol. The smallest absolute Gasteiger partial charge is 0.0855 e. The Bertz CT molecular complexity index is 91.6. The summed E-state index contributed by atoms with van der Waals surface area (Å²) in [5.74, 6) is 0. The van der Waals surface area contributed by atoms with Crippen molar-refractivity contribution >= 4 is 0 Å². The second-order valence-electron chi connectivity index (χ2n) is 2.69. The van der Waals surface area contributed by atoms with E-state index in [1.54, 1.807) is 19.9 Å². The van der Waals surface area contributed by atoms with Gasteiger partial charge >= 0.3 is 0 Å². The fraction of sp³-hybridized carbons (Fsp3) is 0.714. The molecule has 0 saturated heterocycles. The SMILES string of the molecule is C=CCC(O)C(C)(C)O. The van der Waals surface area contributed by atoms with Crippen molar-refractivity contribution in [3.8, 4) is 0 Å². The third kappa shape index (κ3) is 3.27. The Kier molecular flexibility index (Phi) is 2.88.